The predicted molar refractivity (Wildman–Crippen MR) is 132 cm³/mol. The number of hydrogen-bond acceptors (Lipinski definition) is 0. The molecule has 4 aromatic rings. The van der Waals surface area contributed by atoms with Crippen molar-refractivity contribution in [1.82, 2.24) is 0 Å². The zero-order chi connectivity index (χ0) is 19.0. The molecule has 0 aliphatic carbocycles. The van der Waals surface area contributed by atoms with Gasteiger partial charge in [0.2, 0.25) is 0 Å². The number of benzene rings is 4. The molecule has 0 radical (unpaired) electrons. The zero-order valence-corrected chi connectivity index (χ0v) is 24.9. The SMILES string of the molecule is [Na+].[Na+].c1ccc([P-]P(c2ccccc2)P([P-]c2ccccc2)c2ccccc2)cc1. The minimum atomic E-state index is -0.371. The Morgan fingerprint density at radius 1 is 0.367 bits per heavy atom. The fourth-order valence-corrected chi connectivity index (χ4v) is 19.1. The first-order valence-electron chi connectivity index (χ1n) is 9.14. The maximum Gasteiger partial charge on any atom is 1.00 e. The largest absolute Gasteiger partial charge is 1.00 e. The standard InChI is InChI=1S/C24H20P4.2Na/c1-5-13-21(14-6-1)25-27(23-17-9-3-10-18-23)28(24-19-11-4-12-20-24)26-22-15-7-2-8-16-22;;/h1-20H;;/q-2;2*+1. The maximum absolute atomic E-state index is 2.32. The second-order valence-corrected chi connectivity index (χ2v) is 17.6. The second-order valence-electron chi connectivity index (χ2n) is 6.12. The quantitative estimate of drug-likeness (QED) is 0.274. The van der Waals surface area contributed by atoms with Gasteiger partial charge >= 0.3 is 59.1 Å². The van der Waals surface area contributed by atoms with Crippen LogP contribution in [0.15, 0.2) is 121 Å². The van der Waals surface area contributed by atoms with Gasteiger partial charge in [0, 0.05) is 0 Å². The first-order chi connectivity index (χ1) is 13.9. The summed E-state index contributed by atoms with van der Waals surface area (Å²) in [6, 6.07) is 44.1. The van der Waals surface area contributed by atoms with Gasteiger partial charge in [-0.15, -0.1) is 0 Å². The molecule has 4 rings (SSSR count). The minimum Gasteiger partial charge on any atom is -0.466 e. The molecular formula is C24H20Na2P4. The molecule has 30 heavy (non-hydrogen) atoms. The molecule has 0 saturated heterocycles. The molecule has 0 nitrogen and oxygen atoms in total. The molecule has 0 bridgehead atoms. The van der Waals surface area contributed by atoms with E-state index in [1.54, 1.807) is 0 Å². The monoisotopic (exact) mass is 478 g/mol. The Bertz CT molecular complexity index is 888. The van der Waals surface area contributed by atoms with Gasteiger partial charge < -0.3 is 16.5 Å². The van der Waals surface area contributed by atoms with Gasteiger partial charge in [0.05, 0.1) is 0 Å². The minimum absolute atomic E-state index is 0. The van der Waals surface area contributed by atoms with Crippen LogP contribution in [0.5, 0.6) is 0 Å². The normalized spacial score (nSPS) is 12.9. The van der Waals surface area contributed by atoms with Crippen LogP contribution in [-0.4, -0.2) is 0 Å². The van der Waals surface area contributed by atoms with Crippen LogP contribution in [-0.2, 0) is 0 Å². The summed E-state index contributed by atoms with van der Waals surface area (Å²) in [5.74, 6) is 0. The number of rotatable bonds is 7. The van der Waals surface area contributed by atoms with Crippen LogP contribution in [0.3, 0.4) is 0 Å². The van der Waals surface area contributed by atoms with Gasteiger partial charge in [-0.1, -0.05) is 132 Å². The topological polar surface area (TPSA) is 0 Å². The van der Waals surface area contributed by atoms with Crippen molar-refractivity contribution in [3.63, 3.8) is 0 Å². The van der Waals surface area contributed by atoms with E-state index in [0.717, 1.165) is 0 Å². The van der Waals surface area contributed by atoms with Gasteiger partial charge in [0.15, 0.2) is 0 Å². The average molecular weight is 478 g/mol. The van der Waals surface area contributed by atoms with E-state index in [9.17, 15) is 0 Å². The Morgan fingerprint density at radius 3 is 0.933 bits per heavy atom. The van der Waals surface area contributed by atoms with Gasteiger partial charge in [-0.2, -0.15) is 10.6 Å². The van der Waals surface area contributed by atoms with Crippen LogP contribution in [0, 0.1) is 0 Å². The van der Waals surface area contributed by atoms with E-state index in [2.05, 4.69) is 121 Å². The van der Waals surface area contributed by atoms with Crippen molar-refractivity contribution in [2.24, 2.45) is 0 Å². The Labute approximate surface area is 230 Å². The predicted octanol–water partition coefficient (Wildman–Crippen LogP) is 0.898. The first kappa shape index (κ1) is 26.8. The van der Waals surface area contributed by atoms with Crippen molar-refractivity contribution >= 4 is 52.4 Å². The van der Waals surface area contributed by atoms with Crippen LogP contribution in [0.2, 0.25) is 0 Å². The Hall–Kier alpha value is 0.600. The number of hydrogen-bond donors (Lipinski definition) is 0. The third kappa shape index (κ3) is 7.87. The maximum atomic E-state index is 2.32. The van der Waals surface area contributed by atoms with Gasteiger partial charge in [0.1, 0.15) is 0 Å². The summed E-state index contributed by atoms with van der Waals surface area (Å²) >= 11 is 0. The van der Waals surface area contributed by atoms with E-state index in [4.69, 9.17) is 0 Å². The van der Waals surface area contributed by atoms with E-state index in [-0.39, 0.29) is 73.7 Å². The summed E-state index contributed by atoms with van der Waals surface area (Å²) in [5.41, 5.74) is 0. The molecule has 0 amide bonds. The van der Waals surface area contributed by atoms with Crippen LogP contribution in [0.1, 0.15) is 0 Å². The zero-order valence-electron chi connectivity index (χ0n) is 17.3. The fraction of sp³-hybridized carbons (Fsp3) is 0. The molecule has 0 aliphatic heterocycles. The van der Waals surface area contributed by atoms with Gasteiger partial charge in [-0.3, -0.25) is 0 Å². The molecule has 0 N–H and O–H groups in total. The second kappa shape index (κ2) is 14.7. The van der Waals surface area contributed by atoms with E-state index in [1.165, 1.54) is 37.8 Å². The van der Waals surface area contributed by atoms with Gasteiger partial charge in [-0.25, -0.2) is 14.6 Å². The molecule has 0 spiro atoms. The first-order valence-corrected chi connectivity index (χ1v) is 15.7. The summed E-state index contributed by atoms with van der Waals surface area (Å²) < 4.78 is 0. The van der Waals surface area contributed by atoms with Crippen LogP contribution in [0.4, 0.5) is 0 Å². The van der Waals surface area contributed by atoms with E-state index in [0.29, 0.717) is 0 Å². The average Bonchev–Trinajstić information content (AvgIpc) is 2.79. The Balaban J connectivity index is 0.00000160. The molecule has 138 valence electrons. The third-order valence-corrected chi connectivity index (χ3v) is 19.9. The molecule has 2 unspecified atom stereocenters. The van der Waals surface area contributed by atoms with Crippen molar-refractivity contribution in [3.8, 4) is 0 Å². The molecular weight excluding hydrogens is 458 g/mol. The van der Waals surface area contributed by atoms with Crippen LogP contribution in [0.25, 0.3) is 0 Å². The summed E-state index contributed by atoms with van der Waals surface area (Å²) in [4.78, 5) is 0. The summed E-state index contributed by atoms with van der Waals surface area (Å²) in [5, 5.41) is 5.79. The van der Waals surface area contributed by atoms with Crippen molar-refractivity contribution in [2.45, 2.75) is 0 Å². The van der Waals surface area contributed by atoms with Crippen molar-refractivity contribution < 1.29 is 59.1 Å². The molecule has 0 heterocycles. The molecule has 0 aliphatic rings. The molecule has 0 fully saturated rings. The van der Waals surface area contributed by atoms with Crippen molar-refractivity contribution in [2.75, 3.05) is 0 Å². The molecule has 0 aromatic heterocycles. The van der Waals surface area contributed by atoms with Gasteiger partial charge in [0.25, 0.3) is 0 Å². The molecule has 0 saturated carbocycles. The molecule has 2 atom stereocenters. The van der Waals surface area contributed by atoms with Crippen LogP contribution < -0.4 is 80.3 Å². The Morgan fingerprint density at radius 2 is 0.633 bits per heavy atom. The van der Waals surface area contributed by atoms with E-state index < -0.39 is 0 Å². The summed E-state index contributed by atoms with van der Waals surface area (Å²) in [7, 11) is 2.13. The van der Waals surface area contributed by atoms with Crippen molar-refractivity contribution in [3.05, 3.63) is 121 Å². The molecule has 4 aromatic carbocycles. The fourth-order valence-electron chi connectivity index (χ4n) is 2.75. The van der Waals surface area contributed by atoms with Crippen LogP contribution >= 0.6 is 31.1 Å². The Kier molecular flexibility index (Phi) is 13.1. The summed E-state index contributed by atoms with van der Waals surface area (Å²) in [6.07, 6.45) is 0. The van der Waals surface area contributed by atoms with E-state index in [1.807, 2.05) is 0 Å². The van der Waals surface area contributed by atoms with E-state index >= 15 is 0 Å². The van der Waals surface area contributed by atoms with Crippen molar-refractivity contribution in [1.29, 1.82) is 0 Å². The summed E-state index contributed by atoms with van der Waals surface area (Å²) in [6.45, 7) is 0. The van der Waals surface area contributed by atoms with Gasteiger partial charge in [-0.05, 0) is 0 Å². The smallest absolute Gasteiger partial charge is 0.466 e. The molecule has 6 heteroatoms. The third-order valence-electron chi connectivity index (χ3n) is 4.09.